The Morgan fingerprint density at radius 1 is 0.652 bits per heavy atom. The van der Waals surface area contributed by atoms with Crippen molar-refractivity contribution in [3.8, 4) is 0 Å². The fourth-order valence-corrected chi connectivity index (χ4v) is 1.49. The molecule has 0 saturated carbocycles. The number of rotatable bonds is 8. The summed E-state index contributed by atoms with van der Waals surface area (Å²) in [5.74, 6) is 0. The molecule has 0 heterocycles. The van der Waals surface area contributed by atoms with E-state index >= 15 is 0 Å². The van der Waals surface area contributed by atoms with Crippen molar-refractivity contribution in [2.24, 2.45) is 0 Å². The monoisotopic (exact) mass is 416 g/mol. The van der Waals surface area contributed by atoms with Gasteiger partial charge in [0.1, 0.15) is 0 Å². The normalized spacial score (nSPS) is 11.6. The van der Waals surface area contributed by atoms with Crippen LogP contribution in [0.5, 0.6) is 0 Å². The molecule has 0 aromatic carbocycles. The minimum Gasteiger partial charge on any atom is -0.678 e. The Hall–Kier alpha value is -0.197. The second-order valence-electron chi connectivity index (χ2n) is 4.75. The molecule has 6 nitrogen and oxygen atoms in total. The molecule has 0 radical (unpaired) electrons. The maximum absolute atomic E-state index is 7.75. The van der Waals surface area contributed by atoms with Gasteiger partial charge in [-0.15, -0.1) is 25.9 Å². The summed E-state index contributed by atoms with van der Waals surface area (Å²) in [6, 6.07) is 0.825. The third kappa shape index (κ3) is 44.9. The first kappa shape index (κ1) is 34.2. The van der Waals surface area contributed by atoms with Crippen LogP contribution in [0.15, 0.2) is 0 Å². The van der Waals surface area contributed by atoms with Gasteiger partial charge in [0.15, 0.2) is 0 Å². The summed E-state index contributed by atoms with van der Waals surface area (Å²) < 4.78 is 0. The van der Waals surface area contributed by atoms with Gasteiger partial charge < -0.3 is 30.9 Å². The van der Waals surface area contributed by atoms with E-state index in [2.05, 4.69) is 62.5 Å². The summed E-state index contributed by atoms with van der Waals surface area (Å²) in [5, 5.41) is 17.0. The largest absolute Gasteiger partial charge is 6.00 e. The number of carbonyl (C=O) groups excluding carboxylic acids is 2. The molecule has 23 heavy (non-hydrogen) atoms. The van der Waals surface area contributed by atoms with E-state index < -0.39 is 0 Å². The maximum atomic E-state index is 7.75. The van der Waals surface area contributed by atoms with Crippen LogP contribution in [-0.2, 0) is 29.1 Å². The Kier molecular flexibility index (Phi) is 44.3. The van der Waals surface area contributed by atoms with Crippen LogP contribution in [0.2, 0.25) is 0 Å². The molecule has 0 aromatic rings. The van der Waals surface area contributed by atoms with Crippen LogP contribution in [0.4, 0.5) is 0 Å². The molecule has 0 N–H and O–H groups in total. The molecule has 0 spiro atoms. The fraction of sp³-hybridized carbons (Fsp3) is 0.875. The van der Waals surface area contributed by atoms with E-state index in [0.29, 0.717) is 12.1 Å². The smallest absolute Gasteiger partial charge is 0.678 e. The van der Waals surface area contributed by atoms with Gasteiger partial charge in [0.05, 0.1) is 0 Å². The molecule has 0 aliphatic carbocycles. The van der Waals surface area contributed by atoms with Gasteiger partial charge >= 0.3 is 19.5 Å². The molecular weight excluding hydrogens is 381 g/mol. The zero-order valence-corrected chi connectivity index (χ0v) is 17.6. The van der Waals surface area contributed by atoms with Crippen LogP contribution in [0.1, 0.15) is 55.4 Å². The molecule has 0 aliphatic rings. The zero-order chi connectivity index (χ0) is 18.6. The van der Waals surface area contributed by atoms with Crippen LogP contribution in [0.25, 0.3) is 21.3 Å². The average molecular weight is 416 g/mol. The molecule has 7 heteroatoms. The molecule has 0 saturated heterocycles. The minimum atomic E-state index is 0. The maximum Gasteiger partial charge on any atom is 6.00 e. The van der Waals surface area contributed by atoms with E-state index in [1.54, 1.807) is 0 Å². The predicted molar refractivity (Wildman–Crippen MR) is 97.2 cm³/mol. The average Bonchev–Trinajstić information content (AvgIpc) is 2.42. The van der Waals surface area contributed by atoms with Gasteiger partial charge in [-0.05, 0) is 0 Å². The Morgan fingerprint density at radius 3 is 1.00 bits per heavy atom. The van der Waals surface area contributed by atoms with Crippen molar-refractivity contribution in [1.82, 2.24) is 0 Å². The van der Waals surface area contributed by atoms with Gasteiger partial charge in [0.2, 0.25) is 0 Å². The zero-order valence-electron chi connectivity index (χ0n) is 15.8. The van der Waals surface area contributed by atoms with Crippen molar-refractivity contribution in [2.45, 2.75) is 79.8 Å². The van der Waals surface area contributed by atoms with Crippen molar-refractivity contribution in [2.75, 3.05) is 13.1 Å². The van der Waals surface area contributed by atoms with Crippen molar-refractivity contribution in [1.29, 1.82) is 0 Å². The second-order valence-corrected chi connectivity index (χ2v) is 4.75. The predicted octanol–water partition coefficient (Wildman–Crippen LogP) is 4.47. The molecular formula is C16H34N4O2Ru. The summed E-state index contributed by atoms with van der Waals surface area (Å²) in [6.07, 6.45) is 0.380. The fourth-order valence-electron chi connectivity index (χ4n) is 1.49. The van der Waals surface area contributed by atoms with Crippen molar-refractivity contribution in [3.63, 3.8) is 0 Å². The molecule has 2 unspecified atom stereocenters. The van der Waals surface area contributed by atoms with E-state index in [1.807, 2.05) is 27.7 Å². The summed E-state index contributed by atoms with van der Waals surface area (Å²) in [7, 11) is 0. The number of nitrogens with zero attached hydrogens (tertiary/aromatic N) is 4. The van der Waals surface area contributed by atoms with E-state index in [1.165, 1.54) is 0 Å². The quantitative estimate of drug-likeness (QED) is 0.332. The standard InChI is InChI=1S/2C7H16N2.2CHO.Ru/c2*1-5-8-7(4)9-6(2)3;2*1-2;/h2*6-7H,5H2,1-4H3;2*1H;/q2*-2;2*-1;+6. The van der Waals surface area contributed by atoms with Crippen molar-refractivity contribution >= 4 is 13.6 Å². The Labute approximate surface area is 157 Å². The van der Waals surface area contributed by atoms with Gasteiger partial charge in [-0.1, -0.05) is 41.5 Å². The molecule has 2 atom stereocenters. The summed E-state index contributed by atoms with van der Waals surface area (Å²) in [6.45, 7) is 24.6. The number of hydrogen-bond acceptors (Lipinski definition) is 2. The van der Waals surface area contributed by atoms with Crippen LogP contribution >= 0.6 is 0 Å². The van der Waals surface area contributed by atoms with Gasteiger partial charge in [0.25, 0.3) is 0 Å². The molecule has 138 valence electrons. The second kappa shape index (κ2) is 29.8. The topological polar surface area (TPSA) is 90.5 Å². The SMILES string of the molecule is CC[N-]C(C)[N-]C(C)C.CC[N-]C(C)[N-]C(C)C.[CH-]=O.[CH-]=O.[Ru+6]. The first-order valence-corrected chi connectivity index (χ1v) is 7.53. The molecule has 0 rings (SSSR count). The number of hydrogen-bond donors (Lipinski definition) is 0. The van der Waals surface area contributed by atoms with Crippen molar-refractivity contribution < 1.29 is 29.1 Å². The van der Waals surface area contributed by atoms with Crippen LogP contribution in [-0.4, -0.2) is 51.1 Å². The van der Waals surface area contributed by atoms with Gasteiger partial charge in [0, 0.05) is 0 Å². The minimum absolute atomic E-state index is 0. The van der Waals surface area contributed by atoms with E-state index in [0.717, 1.165) is 13.1 Å². The van der Waals surface area contributed by atoms with E-state index in [4.69, 9.17) is 9.59 Å². The van der Waals surface area contributed by atoms with E-state index in [9.17, 15) is 0 Å². The van der Waals surface area contributed by atoms with Crippen LogP contribution in [0.3, 0.4) is 0 Å². The Morgan fingerprint density at radius 2 is 0.870 bits per heavy atom. The van der Waals surface area contributed by atoms with E-state index in [-0.39, 0.29) is 31.8 Å². The third-order valence-electron chi connectivity index (χ3n) is 1.92. The Balaban J connectivity index is -0.0000000743. The summed E-state index contributed by atoms with van der Waals surface area (Å²) >= 11 is 0. The third-order valence-corrected chi connectivity index (χ3v) is 1.92. The van der Waals surface area contributed by atoms with Crippen LogP contribution < -0.4 is 0 Å². The van der Waals surface area contributed by atoms with Gasteiger partial charge in [-0.3, -0.25) is 13.6 Å². The molecule has 0 aliphatic heterocycles. The summed E-state index contributed by atoms with van der Waals surface area (Å²) in [5.41, 5.74) is 0. The molecule has 0 aromatic heterocycles. The first-order chi connectivity index (χ1) is 10.3. The van der Waals surface area contributed by atoms with Crippen molar-refractivity contribution in [3.05, 3.63) is 21.3 Å². The van der Waals surface area contributed by atoms with Gasteiger partial charge in [-0.2, -0.15) is 13.1 Å². The Bertz CT molecular complexity index is 179. The van der Waals surface area contributed by atoms with Crippen LogP contribution in [0, 0.1) is 0 Å². The first-order valence-electron chi connectivity index (χ1n) is 7.53. The van der Waals surface area contributed by atoms with Gasteiger partial charge in [-0.25, -0.2) is 12.3 Å². The molecule has 0 bridgehead atoms. The summed E-state index contributed by atoms with van der Waals surface area (Å²) in [4.78, 5) is 15.5. The molecule has 0 amide bonds. The molecule has 0 fully saturated rings.